The molecule has 0 bridgehead atoms. The average Bonchev–Trinajstić information content (AvgIpc) is 2.93. The van der Waals surface area contributed by atoms with Crippen LogP contribution in [0.25, 0.3) is 0 Å². The molecule has 0 aliphatic carbocycles. The van der Waals surface area contributed by atoms with Crippen molar-refractivity contribution in [3.05, 3.63) is 71.8 Å². The summed E-state index contributed by atoms with van der Waals surface area (Å²) in [7, 11) is 1.77. The minimum Gasteiger partial charge on any atom is -0.197 e. The maximum absolute atomic E-state index is 10.4. The van der Waals surface area contributed by atoms with Crippen LogP contribution in [0.5, 0.6) is 0 Å². The SMILES string of the molecule is CCCCCCCCCCCCC(C#N)(CCCC(CCc1ccccc1)N=NC)c1ccccc1. The van der Waals surface area contributed by atoms with Crippen molar-refractivity contribution in [1.82, 2.24) is 0 Å². The van der Waals surface area contributed by atoms with Gasteiger partial charge in [-0.3, -0.25) is 0 Å². The number of nitriles is 1. The van der Waals surface area contributed by atoms with Crippen LogP contribution in [-0.2, 0) is 11.8 Å². The van der Waals surface area contributed by atoms with Gasteiger partial charge in [0.05, 0.1) is 17.5 Å². The molecule has 0 radical (unpaired) electrons. The van der Waals surface area contributed by atoms with E-state index in [-0.39, 0.29) is 6.04 Å². The molecule has 3 heteroatoms. The summed E-state index contributed by atoms with van der Waals surface area (Å²) in [6.45, 7) is 2.28. The van der Waals surface area contributed by atoms with Gasteiger partial charge in [0, 0.05) is 7.05 Å². The molecule has 0 aliphatic rings. The zero-order valence-electron chi connectivity index (χ0n) is 23.0. The Labute approximate surface area is 221 Å². The summed E-state index contributed by atoms with van der Waals surface area (Å²) in [5, 5.41) is 19.0. The average molecular weight is 488 g/mol. The number of hydrogen-bond acceptors (Lipinski definition) is 3. The van der Waals surface area contributed by atoms with E-state index in [9.17, 15) is 5.26 Å². The Kier molecular flexibility index (Phi) is 15.5. The third kappa shape index (κ3) is 11.5. The number of nitrogens with zero attached hydrogens (tertiary/aromatic N) is 3. The lowest BCUT2D eigenvalue weighted by atomic mass is 9.73. The Hall–Kier alpha value is -2.47. The van der Waals surface area contributed by atoms with Crippen LogP contribution in [0.15, 0.2) is 70.9 Å². The molecule has 2 aromatic rings. The van der Waals surface area contributed by atoms with Crippen molar-refractivity contribution in [2.45, 2.75) is 121 Å². The lowest BCUT2D eigenvalue weighted by Gasteiger charge is -2.28. The fourth-order valence-corrected chi connectivity index (χ4v) is 5.30. The zero-order valence-corrected chi connectivity index (χ0v) is 23.0. The number of benzene rings is 2. The molecule has 0 saturated heterocycles. The molecule has 3 nitrogen and oxygen atoms in total. The Balaban J connectivity index is 1.85. The normalized spacial score (nSPS) is 13.9. The van der Waals surface area contributed by atoms with Gasteiger partial charge in [-0.2, -0.15) is 15.5 Å². The fourth-order valence-electron chi connectivity index (χ4n) is 5.30. The summed E-state index contributed by atoms with van der Waals surface area (Å²) in [5.41, 5.74) is 2.14. The largest absolute Gasteiger partial charge is 0.197 e. The summed E-state index contributed by atoms with van der Waals surface area (Å²) in [6, 6.07) is 24.1. The van der Waals surface area contributed by atoms with E-state index < -0.39 is 5.41 Å². The lowest BCUT2D eigenvalue weighted by molar-refractivity contribution is 0.400. The van der Waals surface area contributed by atoms with Crippen molar-refractivity contribution < 1.29 is 0 Å². The molecular formula is C33H49N3. The number of unbranched alkanes of at least 4 members (excludes halogenated alkanes) is 9. The summed E-state index contributed by atoms with van der Waals surface area (Å²) in [5.74, 6) is 0. The molecule has 0 saturated carbocycles. The van der Waals surface area contributed by atoms with Crippen LogP contribution in [0.1, 0.15) is 114 Å². The highest BCUT2D eigenvalue weighted by molar-refractivity contribution is 5.32. The number of azo groups is 1. The van der Waals surface area contributed by atoms with E-state index in [2.05, 4.69) is 77.8 Å². The standard InChI is InChI=1S/C33H49N3/c1-3-4-5-6-7-8-9-10-11-18-27-33(29-34,31-22-16-13-17-23-31)28-19-24-32(36-35-2)26-25-30-20-14-12-15-21-30/h12-17,20-23,32H,3-11,18-19,24-28H2,1-2H3. The second-order valence-electron chi connectivity index (χ2n) is 10.4. The van der Waals surface area contributed by atoms with Crippen LogP contribution < -0.4 is 0 Å². The van der Waals surface area contributed by atoms with E-state index in [1.54, 1.807) is 7.05 Å². The maximum atomic E-state index is 10.4. The summed E-state index contributed by atoms with van der Waals surface area (Å²) < 4.78 is 0. The van der Waals surface area contributed by atoms with E-state index in [4.69, 9.17) is 0 Å². The van der Waals surface area contributed by atoms with Crippen molar-refractivity contribution in [2.75, 3.05) is 7.05 Å². The summed E-state index contributed by atoms with van der Waals surface area (Å²) >= 11 is 0. The third-order valence-electron chi connectivity index (χ3n) is 7.53. The first-order valence-corrected chi connectivity index (χ1v) is 14.5. The van der Waals surface area contributed by atoms with E-state index >= 15 is 0 Å². The van der Waals surface area contributed by atoms with Crippen LogP contribution in [-0.4, -0.2) is 13.1 Å². The number of rotatable bonds is 20. The van der Waals surface area contributed by atoms with E-state index in [0.29, 0.717) is 0 Å². The summed E-state index contributed by atoms with van der Waals surface area (Å²) in [4.78, 5) is 0. The molecule has 0 spiro atoms. The zero-order chi connectivity index (χ0) is 25.7. The van der Waals surface area contributed by atoms with Gasteiger partial charge in [0.2, 0.25) is 0 Å². The monoisotopic (exact) mass is 487 g/mol. The lowest BCUT2D eigenvalue weighted by Crippen LogP contribution is -2.25. The van der Waals surface area contributed by atoms with Gasteiger partial charge in [-0.05, 0) is 49.7 Å². The molecule has 196 valence electrons. The van der Waals surface area contributed by atoms with E-state index in [1.165, 1.54) is 68.9 Å². The van der Waals surface area contributed by atoms with Gasteiger partial charge in [0.25, 0.3) is 0 Å². The minimum atomic E-state index is -0.394. The quantitative estimate of drug-likeness (QED) is 0.135. The number of hydrogen-bond donors (Lipinski definition) is 0. The van der Waals surface area contributed by atoms with Crippen molar-refractivity contribution in [1.29, 1.82) is 5.26 Å². The van der Waals surface area contributed by atoms with Gasteiger partial charge in [-0.15, -0.1) is 0 Å². The van der Waals surface area contributed by atoms with Crippen molar-refractivity contribution in [3.63, 3.8) is 0 Å². The molecule has 0 aromatic heterocycles. The molecule has 36 heavy (non-hydrogen) atoms. The van der Waals surface area contributed by atoms with E-state index in [1.807, 2.05) is 6.07 Å². The fraction of sp³-hybridized carbons (Fsp3) is 0.606. The van der Waals surface area contributed by atoms with Crippen molar-refractivity contribution in [3.8, 4) is 6.07 Å². The van der Waals surface area contributed by atoms with Crippen LogP contribution in [0.4, 0.5) is 0 Å². The van der Waals surface area contributed by atoms with Gasteiger partial charge in [0.1, 0.15) is 0 Å². The Morgan fingerprint density at radius 1 is 0.722 bits per heavy atom. The van der Waals surface area contributed by atoms with Crippen LogP contribution in [0, 0.1) is 11.3 Å². The highest BCUT2D eigenvalue weighted by Gasteiger charge is 2.31. The minimum absolute atomic E-state index is 0.222. The molecule has 2 unspecified atom stereocenters. The first-order chi connectivity index (χ1) is 17.7. The first kappa shape index (κ1) is 29.8. The molecule has 2 rings (SSSR count). The molecule has 0 heterocycles. The number of aryl methyl sites for hydroxylation is 1. The van der Waals surface area contributed by atoms with Crippen LogP contribution in [0.2, 0.25) is 0 Å². The second kappa shape index (κ2) is 18.8. The van der Waals surface area contributed by atoms with E-state index in [0.717, 1.165) is 44.9 Å². The van der Waals surface area contributed by atoms with Gasteiger partial charge in [-0.1, -0.05) is 132 Å². The van der Waals surface area contributed by atoms with Gasteiger partial charge < -0.3 is 0 Å². The molecular weight excluding hydrogens is 438 g/mol. The molecule has 0 aliphatic heterocycles. The third-order valence-corrected chi connectivity index (χ3v) is 7.53. The predicted octanol–water partition coefficient (Wildman–Crippen LogP) is 10.0. The highest BCUT2D eigenvalue weighted by Crippen LogP contribution is 2.35. The maximum Gasteiger partial charge on any atom is 0.0822 e. The topological polar surface area (TPSA) is 48.5 Å². The van der Waals surface area contributed by atoms with Crippen molar-refractivity contribution in [2.24, 2.45) is 10.2 Å². The Bertz CT molecular complexity index is 856. The Morgan fingerprint density at radius 3 is 1.86 bits per heavy atom. The first-order valence-electron chi connectivity index (χ1n) is 14.5. The predicted molar refractivity (Wildman–Crippen MR) is 153 cm³/mol. The highest BCUT2D eigenvalue weighted by atomic mass is 15.1. The molecule has 0 fully saturated rings. The molecule has 2 aromatic carbocycles. The molecule has 2 atom stereocenters. The van der Waals surface area contributed by atoms with Gasteiger partial charge in [0.15, 0.2) is 0 Å². The Morgan fingerprint density at radius 2 is 1.28 bits per heavy atom. The summed E-state index contributed by atoms with van der Waals surface area (Å²) in [6.07, 6.45) is 19.1. The van der Waals surface area contributed by atoms with Crippen LogP contribution >= 0.6 is 0 Å². The van der Waals surface area contributed by atoms with Crippen molar-refractivity contribution >= 4 is 0 Å². The van der Waals surface area contributed by atoms with Gasteiger partial charge >= 0.3 is 0 Å². The molecule has 0 N–H and O–H groups in total. The van der Waals surface area contributed by atoms with Crippen LogP contribution in [0.3, 0.4) is 0 Å². The smallest absolute Gasteiger partial charge is 0.0822 e. The van der Waals surface area contributed by atoms with Gasteiger partial charge in [-0.25, -0.2) is 0 Å². The second-order valence-corrected chi connectivity index (χ2v) is 10.4. The molecule has 0 amide bonds.